The molecule has 0 N–H and O–H groups in total. The summed E-state index contributed by atoms with van der Waals surface area (Å²) in [5.74, 6) is -14.8. The molecule has 0 fully saturated rings. The fourth-order valence-corrected chi connectivity index (χ4v) is 12.2. The Hall–Kier alpha value is -2.66. The van der Waals surface area contributed by atoms with E-state index in [-0.39, 0.29) is 31.9 Å². The van der Waals surface area contributed by atoms with Gasteiger partial charge in [-0.3, -0.25) is 0 Å². The van der Waals surface area contributed by atoms with Crippen molar-refractivity contribution < 1.29 is 64.8 Å². The van der Waals surface area contributed by atoms with Gasteiger partial charge in [-0.1, -0.05) is 18.2 Å². The highest BCUT2D eigenvalue weighted by molar-refractivity contribution is 8.33. The van der Waals surface area contributed by atoms with Gasteiger partial charge in [-0.2, -0.15) is 47.9 Å². The largest absolute Gasteiger partial charge is 0.544 e. The van der Waals surface area contributed by atoms with Gasteiger partial charge < -0.3 is 13.3 Å². The lowest BCUT2D eigenvalue weighted by atomic mass is 10.1. The first-order chi connectivity index (χ1) is 22.8. The molecule has 0 saturated carbocycles. The minimum atomic E-state index is -7.53. The van der Waals surface area contributed by atoms with Crippen molar-refractivity contribution in [3.05, 3.63) is 72.8 Å². The van der Waals surface area contributed by atoms with E-state index in [1.54, 1.807) is 58.9 Å². The normalized spacial score (nSPS) is 14.6. The first kappa shape index (κ1) is 42.8. The van der Waals surface area contributed by atoms with E-state index >= 15 is 8.78 Å². The zero-order chi connectivity index (χ0) is 39.3. The summed E-state index contributed by atoms with van der Waals surface area (Å²) in [5.41, 5.74) is 0. The molecule has 20 heteroatoms. The number of rotatable bonds is 14. The Morgan fingerprint density at radius 1 is 0.490 bits per heavy atom. The maximum Gasteiger partial charge on any atom is 0.460 e. The van der Waals surface area contributed by atoms with Crippen LogP contribution in [0.5, 0.6) is 17.2 Å². The summed E-state index contributed by atoms with van der Waals surface area (Å²) in [6, 6.07) is 15.6. The van der Waals surface area contributed by atoms with E-state index in [1.165, 1.54) is 72.8 Å². The van der Waals surface area contributed by atoms with Gasteiger partial charge in [0.15, 0.2) is 0 Å². The van der Waals surface area contributed by atoms with Crippen LogP contribution < -0.4 is 13.3 Å². The lowest BCUT2D eigenvalue weighted by molar-refractivity contribution is -0.382. The van der Waals surface area contributed by atoms with Crippen LogP contribution >= 0.6 is 10.3 Å². The van der Waals surface area contributed by atoms with Crippen molar-refractivity contribution in [3.63, 3.8) is 0 Å². The standard InChI is InChI=1S/C31H39F9O6S2Si3/c1-49(2,3)43-22-13-10-16-25(19-22)47(26-17-11-14-23(20-26)44-50(4,5)6,27-18-12-15-24(21-27)45-51(7,8)9)46-48(41,42)31(39,40)29(34,35)28(32,33)30(36,37)38/h10-21H,1-9H3. The fraction of sp³-hybridized carbons (Fsp3) is 0.419. The van der Waals surface area contributed by atoms with E-state index in [0.717, 1.165) is 0 Å². The molecule has 3 aromatic rings. The van der Waals surface area contributed by atoms with Crippen molar-refractivity contribution in [1.29, 1.82) is 0 Å². The Morgan fingerprint density at radius 2 is 0.784 bits per heavy atom. The molecular weight excluding hydrogens is 788 g/mol. The number of halogens is 9. The third kappa shape index (κ3) is 9.29. The van der Waals surface area contributed by atoms with Gasteiger partial charge in [-0.15, -0.1) is 0 Å². The maximum absolute atomic E-state index is 15.5. The van der Waals surface area contributed by atoms with Crippen molar-refractivity contribution in [2.24, 2.45) is 0 Å². The Bertz CT molecular complexity index is 1680. The third-order valence-corrected chi connectivity index (χ3v) is 14.0. The predicted molar refractivity (Wildman–Crippen MR) is 185 cm³/mol. The monoisotopic (exact) mass is 826 g/mol. The molecule has 0 unspecified atom stereocenters. The molecule has 0 radical (unpaired) electrons. The molecule has 0 saturated heterocycles. The summed E-state index contributed by atoms with van der Waals surface area (Å²) in [7, 11) is -19.1. The molecule has 51 heavy (non-hydrogen) atoms. The zero-order valence-corrected chi connectivity index (χ0v) is 33.7. The van der Waals surface area contributed by atoms with E-state index in [2.05, 4.69) is 0 Å². The van der Waals surface area contributed by atoms with Gasteiger partial charge >= 0.3 is 33.4 Å². The van der Waals surface area contributed by atoms with E-state index in [4.69, 9.17) is 16.9 Å². The molecular formula is C31H39F9O6S2Si3. The number of hydrogen-bond acceptors (Lipinski definition) is 6. The van der Waals surface area contributed by atoms with Gasteiger partial charge in [-0.25, -0.2) is 3.63 Å². The lowest BCUT2D eigenvalue weighted by Crippen LogP contribution is -2.63. The van der Waals surface area contributed by atoms with Gasteiger partial charge in [0.05, 0.1) is 0 Å². The van der Waals surface area contributed by atoms with Gasteiger partial charge in [0.25, 0.3) is 0 Å². The van der Waals surface area contributed by atoms with E-state index in [9.17, 15) is 39.2 Å². The first-order valence-electron chi connectivity index (χ1n) is 15.1. The molecule has 0 aromatic heterocycles. The summed E-state index contributed by atoms with van der Waals surface area (Å²) >= 11 is 0. The second-order valence-corrected chi connectivity index (χ2v) is 32.1. The van der Waals surface area contributed by atoms with Crippen molar-refractivity contribution >= 4 is 45.4 Å². The van der Waals surface area contributed by atoms with Crippen LogP contribution in [0.2, 0.25) is 58.9 Å². The number of alkyl halides is 9. The van der Waals surface area contributed by atoms with Crippen LogP contribution in [0.15, 0.2) is 87.5 Å². The SMILES string of the molecule is C[Si](C)(C)Oc1cccc(S(OS(=O)(=O)C(F)(F)C(F)(F)C(F)(F)C(F)(F)F)(c2cccc(O[Si](C)(C)C)c2)c2cccc(O[Si](C)(C)C)c2)c1. The highest BCUT2D eigenvalue weighted by Gasteiger charge is 2.86. The Balaban J connectivity index is 2.56. The van der Waals surface area contributed by atoms with Crippen LogP contribution in [-0.2, 0) is 13.7 Å². The predicted octanol–water partition coefficient (Wildman–Crippen LogP) is 11.3. The van der Waals surface area contributed by atoms with E-state index in [1.807, 2.05) is 0 Å². The quantitative estimate of drug-likeness (QED) is 0.119. The van der Waals surface area contributed by atoms with Crippen molar-refractivity contribution in [2.45, 2.75) is 96.9 Å². The van der Waals surface area contributed by atoms with Gasteiger partial charge in [0, 0.05) is 14.7 Å². The van der Waals surface area contributed by atoms with Gasteiger partial charge in [0.1, 0.15) is 17.2 Å². The summed E-state index contributed by atoms with van der Waals surface area (Å²) in [4.78, 5) is -0.837. The van der Waals surface area contributed by atoms with Crippen LogP contribution in [0.3, 0.4) is 0 Å². The summed E-state index contributed by atoms with van der Waals surface area (Å²) in [5, 5.41) is -7.14. The van der Waals surface area contributed by atoms with Crippen molar-refractivity contribution in [1.82, 2.24) is 0 Å². The molecule has 3 aromatic carbocycles. The lowest BCUT2D eigenvalue weighted by Gasteiger charge is -2.42. The zero-order valence-electron chi connectivity index (χ0n) is 29.1. The third-order valence-electron chi connectivity index (χ3n) is 6.31. The van der Waals surface area contributed by atoms with Crippen LogP contribution in [0.4, 0.5) is 39.5 Å². The minimum absolute atomic E-state index is 0.0780. The molecule has 0 aliphatic heterocycles. The van der Waals surface area contributed by atoms with Crippen LogP contribution in [-0.4, -0.2) is 56.6 Å². The molecule has 0 heterocycles. The second kappa shape index (κ2) is 14.0. The Labute approximate surface area is 296 Å². The molecule has 0 spiro atoms. The number of hydrogen-bond donors (Lipinski definition) is 0. The van der Waals surface area contributed by atoms with Crippen molar-refractivity contribution in [2.75, 3.05) is 0 Å². The molecule has 0 atom stereocenters. The van der Waals surface area contributed by atoms with Crippen molar-refractivity contribution in [3.8, 4) is 17.2 Å². The molecule has 6 nitrogen and oxygen atoms in total. The Kier molecular flexibility index (Phi) is 11.7. The highest BCUT2D eigenvalue weighted by Crippen LogP contribution is 2.72. The molecule has 3 rings (SSSR count). The molecule has 0 amide bonds. The van der Waals surface area contributed by atoms with Gasteiger partial charge in [-0.05, 0) is 124 Å². The molecule has 0 aliphatic carbocycles. The summed E-state index contributed by atoms with van der Waals surface area (Å²) < 4.78 is 178. The minimum Gasteiger partial charge on any atom is -0.544 e. The average Bonchev–Trinajstić information content (AvgIpc) is 2.92. The molecule has 286 valence electrons. The average molecular weight is 827 g/mol. The van der Waals surface area contributed by atoms with Crippen LogP contribution in [0.25, 0.3) is 0 Å². The maximum atomic E-state index is 15.5. The topological polar surface area (TPSA) is 71.1 Å². The van der Waals surface area contributed by atoms with Gasteiger partial charge in [0.2, 0.25) is 25.0 Å². The summed E-state index contributed by atoms with van der Waals surface area (Å²) in [6.07, 6.45) is -7.27. The Morgan fingerprint density at radius 3 is 1.04 bits per heavy atom. The summed E-state index contributed by atoms with van der Waals surface area (Å²) in [6.45, 7) is 16.1. The van der Waals surface area contributed by atoms with E-state index in [0.29, 0.717) is 0 Å². The second-order valence-electron chi connectivity index (χ2n) is 14.3. The highest BCUT2D eigenvalue weighted by atomic mass is 32.3. The van der Waals surface area contributed by atoms with Crippen LogP contribution in [0.1, 0.15) is 0 Å². The number of benzene rings is 3. The first-order valence-corrected chi connectivity index (χ1v) is 28.3. The molecule has 0 aliphatic rings. The molecule has 0 bridgehead atoms. The smallest absolute Gasteiger partial charge is 0.460 e. The fourth-order valence-electron chi connectivity index (χ4n) is 4.43. The van der Waals surface area contributed by atoms with E-state index < -0.39 is 68.7 Å². The van der Waals surface area contributed by atoms with Crippen LogP contribution in [0, 0.1) is 0 Å².